The summed E-state index contributed by atoms with van der Waals surface area (Å²) in [6.45, 7) is 0. The molecular formula is C5H7NO6. The largest absolute Gasteiger partial charge is 0.479 e. The molecule has 0 rings (SSSR count). The highest BCUT2D eigenvalue weighted by molar-refractivity contribution is 5.85. The minimum atomic E-state index is -2.16. The number of aliphatic hydroxyl groups excluding tert-OH is 1. The normalized spacial score (nSPS) is 14.5. The first-order chi connectivity index (χ1) is 5.54. The molecule has 0 aromatic carbocycles. The molecule has 2 N–H and O–H groups in total. The van der Waals surface area contributed by atoms with Crippen LogP contribution < -0.4 is 0 Å². The number of carboxylic acids is 1. The quantitative estimate of drug-likeness (QED) is 0.409. The van der Waals surface area contributed by atoms with E-state index in [1.807, 2.05) is 0 Å². The Morgan fingerprint density at radius 3 is 2.25 bits per heavy atom. The lowest BCUT2D eigenvalue weighted by molar-refractivity contribution is -0.156. The van der Waals surface area contributed by atoms with Crippen molar-refractivity contribution in [3.8, 4) is 0 Å². The Bertz CT molecular complexity index is 202. The minimum absolute atomic E-state index is 0.953. The van der Waals surface area contributed by atoms with Crippen LogP contribution in [0.1, 0.15) is 0 Å². The number of rotatable bonds is 4. The number of aliphatic carboxylic acids is 1. The van der Waals surface area contributed by atoms with E-state index in [9.17, 15) is 14.5 Å². The molecule has 0 saturated carbocycles. The van der Waals surface area contributed by atoms with Crippen molar-refractivity contribution in [2.24, 2.45) is 5.18 Å². The lowest BCUT2D eigenvalue weighted by Crippen LogP contribution is -2.38. The molecule has 0 spiro atoms. The van der Waals surface area contributed by atoms with Crippen LogP contribution in [0.2, 0.25) is 0 Å². The van der Waals surface area contributed by atoms with Gasteiger partial charge >= 0.3 is 11.9 Å². The standard InChI is InChI=1S/C5H7NO6/c1-12-5(10)2(6-11)3(7)4(8)9/h2-3,7H,1H3,(H,8,9). The van der Waals surface area contributed by atoms with E-state index in [-0.39, 0.29) is 0 Å². The number of esters is 1. The number of ether oxygens (including phenoxy) is 1. The predicted molar refractivity (Wildman–Crippen MR) is 35.2 cm³/mol. The van der Waals surface area contributed by atoms with Gasteiger partial charge in [-0.1, -0.05) is 5.18 Å². The Labute approximate surface area is 66.9 Å². The first kappa shape index (κ1) is 10.5. The van der Waals surface area contributed by atoms with Crippen LogP contribution in [0.25, 0.3) is 0 Å². The smallest absolute Gasteiger partial charge is 0.337 e. The molecule has 7 nitrogen and oxygen atoms in total. The van der Waals surface area contributed by atoms with Gasteiger partial charge in [-0.3, -0.25) is 0 Å². The van der Waals surface area contributed by atoms with Crippen LogP contribution >= 0.6 is 0 Å². The van der Waals surface area contributed by atoms with Gasteiger partial charge in [-0.2, -0.15) is 0 Å². The summed E-state index contributed by atoms with van der Waals surface area (Å²) < 4.78 is 4.02. The molecule has 0 aliphatic heterocycles. The number of hydrogen-bond donors (Lipinski definition) is 2. The van der Waals surface area contributed by atoms with Gasteiger partial charge < -0.3 is 14.9 Å². The number of nitrogens with zero attached hydrogens (tertiary/aromatic N) is 1. The van der Waals surface area contributed by atoms with E-state index in [1.54, 1.807) is 0 Å². The topological polar surface area (TPSA) is 113 Å². The van der Waals surface area contributed by atoms with Crippen LogP contribution in [-0.2, 0) is 14.3 Å². The summed E-state index contributed by atoms with van der Waals surface area (Å²) >= 11 is 0. The monoisotopic (exact) mass is 177 g/mol. The summed E-state index contributed by atoms with van der Waals surface area (Å²) in [7, 11) is 0.953. The number of carboxylic acid groups (broad SMARTS) is 1. The van der Waals surface area contributed by atoms with E-state index >= 15 is 0 Å². The number of aliphatic hydroxyl groups is 1. The van der Waals surface area contributed by atoms with Crippen molar-refractivity contribution in [1.29, 1.82) is 0 Å². The van der Waals surface area contributed by atoms with E-state index in [2.05, 4.69) is 9.91 Å². The minimum Gasteiger partial charge on any atom is -0.479 e. The fourth-order valence-electron chi connectivity index (χ4n) is 0.485. The average Bonchev–Trinajstić information content (AvgIpc) is 2.05. The molecule has 0 fully saturated rings. The van der Waals surface area contributed by atoms with Crippen LogP contribution in [-0.4, -0.2) is 41.4 Å². The zero-order valence-corrected chi connectivity index (χ0v) is 6.13. The summed E-state index contributed by atoms with van der Waals surface area (Å²) in [4.78, 5) is 30.5. The molecule has 68 valence electrons. The fourth-order valence-corrected chi connectivity index (χ4v) is 0.485. The van der Waals surface area contributed by atoms with Gasteiger partial charge in [0.2, 0.25) is 6.04 Å². The van der Waals surface area contributed by atoms with Crippen LogP contribution in [0.3, 0.4) is 0 Å². The van der Waals surface area contributed by atoms with Crippen molar-refractivity contribution in [2.45, 2.75) is 12.1 Å². The van der Waals surface area contributed by atoms with Gasteiger partial charge in [-0.05, 0) is 0 Å². The van der Waals surface area contributed by atoms with Crippen LogP contribution in [0.5, 0.6) is 0 Å². The Morgan fingerprint density at radius 2 is 2.00 bits per heavy atom. The fraction of sp³-hybridized carbons (Fsp3) is 0.600. The van der Waals surface area contributed by atoms with Gasteiger partial charge in [0.25, 0.3) is 0 Å². The summed E-state index contributed by atoms with van der Waals surface area (Å²) in [5.41, 5.74) is 0. The third kappa shape index (κ3) is 2.27. The van der Waals surface area contributed by atoms with Crippen LogP contribution in [0, 0.1) is 4.91 Å². The molecule has 0 bridgehead atoms. The second-order valence-electron chi connectivity index (χ2n) is 1.86. The molecule has 7 heteroatoms. The number of carbonyl (C=O) groups is 2. The second-order valence-corrected chi connectivity index (χ2v) is 1.86. The first-order valence-corrected chi connectivity index (χ1v) is 2.85. The SMILES string of the molecule is COC(=O)C(N=O)C(O)C(=O)O. The maximum absolute atomic E-state index is 10.5. The summed E-state index contributed by atoms with van der Waals surface area (Å²) in [5.74, 6) is -2.88. The molecule has 0 saturated heterocycles. The molecule has 0 aliphatic carbocycles. The third-order valence-corrected chi connectivity index (χ3v) is 1.11. The molecule has 0 heterocycles. The Balaban J connectivity index is 4.44. The van der Waals surface area contributed by atoms with Gasteiger partial charge in [-0.15, -0.1) is 4.91 Å². The van der Waals surface area contributed by atoms with Crippen molar-refractivity contribution in [1.82, 2.24) is 0 Å². The van der Waals surface area contributed by atoms with Crippen molar-refractivity contribution in [3.05, 3.63) is 4.91 Å². The van der Waals surface area contributed by atoms with Crippen molar-refractivity contribution < 1.29 is 24.5 Å². The van der Waals surface area contributed by atoms with E-state index in [4.69, 9.17) is 10.2 Å². The Kier molecular flexibility index (Phi) is 3.84. The van der Waals surface area contributed by atoms with E-state index in [1.165, 1.54) is 0 Å². The molecular weight excluding hydrogens is 170 g/mol. The molecule has 0 aromatic rings. The zero-order chi connectivity index (χ0) is 9.72. The predicted octanol–water partition coefficient (Wildman–Crippen LogP) is -1.26. The van der Waals surface area contributed by atoms with Crippen LogP contribution in [0.4, 0.5) is 0 Å². The highest BCUT2D eigenvalue weighted by Crippen LogP contribution is 2.01. The van der Waals surface area contributed by atoms with Crippen LogP contribution in [0.15, 0.2) is 5.18 Å². The zero-order valence-electron chi connectivity index (χ0n) is 6.13. The number of hydrogen-bond acceptors (Lipinski definition) is 6. The highest BCUT2D eigenvalue weighted by atomic mass is 16.5. The van der Waals surface area contributed by atoms with E-state index < -0.39 is 24.1 Å². The maximum Gasteiger partial charge on any atom is 0.337 e. The Hall–Kier alpha value is -1.50. The summed E-state index contributed by atoms with van der Waals surface area (Å²) in [6.07, 6.45) is -2.16. The molecule has 0 aliphatic rings. The molecule has 0 radical (unpaired) electrons. The van der Waals surface area contributed by atoms with Crippen molar-refractivity contribution >= 4 is 11.9 Å². The summed E-state index contributed by atoms with van der Waals surface area (Å²) in [5, 5.41) is 19.0. The van der Waals surface area contributed by atoms with E-state index in [0.717, 1.165) is 7.11 Å². The van der Waals surface area contributed by atoms with Gasteiger partial charge in [-0.25, -0.2) is 9.59 Å². The molecule has 0 aromatic heterocycles. The van der Waals surface area contributed by atoms with Crippen molar-refractivity contribution in [3.63, 3.8) is 0 Å². The van der Waals surface area contributed by atoms with Gasteiger partial charge in [0.15, 0.2) is 6.10 Å². The first-order valence-electron chi connectivity index (χ1n) is 2.85. The average molecular weight is 177 g/mol. The number of nitroso groups, excluding NO2 is 1. The number of carbonyl (C=O) groups excluding carboxylic acids is 1. The van der Waals surface area contributed by atoms with E-state index in [0.29, 0.717) is 0 Å². The van der Waals surface area contributed by atoms with Gasteiger partial charge in [0.05, 0.1) is 7.11 Å². The summed E-state index contributed by atoms with van der Waals surface area (Å²) in [6, 6.07) is -1.91. The lowest BCUT2D eigenvalue weighted by atomic mass is 10.2. The highest BCUT2D eigenvalue weighted by Gasteiger charge is 2.34. The molecule has 2 atom stereocenters. The number of methoxy groups -OCH3 is 1. The second kappa shape index (κ2) is 4.39. The van der Waals surface area contributed by atoms with Gasteiger partial charge in [0, 0.05) is 0 Å². The molecule has 12 heavy (non-hydrogen) atoms. The maximum atomic E-state index is 10.5. The lowest BCUT2D eigenvalue weighted by Gasteiger charge is -2.08. The van der Waals surface area contributed by atoms with Gasteiger partial charge in [0.1, 0.15) is 0 Å². The van der Waals surface area contributed by atoms with Crippen molar-refractivity contribution in [2.75, 3.05) is 7.11 Å². The Morgan fingerprint density at radius 1 is 1.50 bits per heavy atom. The molecule has 0 amide bonds. The third-order valence-electron chi connectivity index (χ3n) is 1.11. The molecule has 2 unspecified atom stereocenters.